The smallest absolute Gasteiger partial charge is 0.194 e. The van der Waals surface area contributed by atoms with Gasteiger partial charge >= 0.3 is 0 Å². The van der Waals surface area contributed by atoms with Gasteiger partial charge in [-0.15, -0.1) is 0 Å². The lowest BCUT2D eigenvalue weighted by Crippen LogP contribution is -2.03. The highest BCUT2D eigenvalue weighted by Gasteiger charge is 2.12. The average molecular weight is 296 g/mol. The third-order valence-electron chi connectivity index (χ3n) is 2.79. The fraction of sp³-hybridized carbons (Fsp3) is 0.200. The Morgan fingerprint density at radius 3 is 2.43 bits per heavy atom. The lowest BCUT2D eigenvalue weighted by atomic mass is 10.2. The molecule has 2 rings (SSSR count). The monoisotopic (exact) mass is 296 g/mol. The molecule has 0 saturated carbocycles. The molecule has 0 atom stereocenters. The number of benzene rings is 2. The number of rotatable bonds is 5. The Kier molecular flexibility index (Phi) is 4.57. The van der Waals surface area contributed by atoms with Crippen molar-refractivity contribution in [1.29, 1.82) is 0 Å². The van der Waals surface area contributed by atoms with Crippen LogP contribution in [0.15, 0.2) is 30.3 Å². The van der Waals surface area contributed by atoms with Crippen LogP contribution in [-0.2, 0) is 0 Å². The highest BCUT2D eigenvalue weighted by atomic mass is 19.2. The molecule has 0 unspecified atom stereocenters. The van der Waals surface area contributed by atoms with Crippen molar-refractivity contribution >= 4 is 17.1 Å². The number of para-hydroxylation sites is 1. The molecule has 0 saturated heterocycles. The van der Waals surface area contributed by atoms with Gasteiger partial charge in [0.1, 0.15) is 5.75 Å². The summed E-state index contributed by atoms with van der Waals surface area (Å²) in [4.78, 5) is 0. The van der Waals surface area contributed by atoms with Gasteiger partial charge in [0.05, 0.1) is 18.0 Å². The molecule has 3 nitrogen and oxygen atoms in total. The summed E-state index contributed by atoms with van der Waals surface area (Å²) in [6, 6.07) is 6.74. The zero-order valence-corrected chi connectivity index (χ0v) is 11.4. The van der Waals surface area contributed by atoms with Crippen molar-refractivity contribution < 1.29 is 17.9 Å². The molecule has 0 bridgehead atoms. The van der Waals surface area contributed by atoms with Gasteiger partial charge in [0.25, 0.3) is 0 Å². The Morgan fingerprint density at radius 2 is 1.81 bits per heavy atom. The van der Waals surface area contributed by atoms with Gasteiger partial charge < -0.3 is 15.8 Å². The summed E-state index contributed by atoms with van der Waals surface area (Å²) in [5.74, 6) is -3.57. The minimum absolute atomic E-state index is 0.0609. The number of nitrogens with one attached hydrogen (secondary N) is 1. The summed E-state index contributed by atoms with van der Waals surface area (Å²) in [5, 5.41) is 2.75. The van der Waals surface area contributed by atoms with Crippen molar-refractivity contribution in [2.24, 2.45) is 0 Å². The Morgan fingerprint density at radius 1 is 1.14 bits per heavy atom. The van der Waals surface area contributed by atoms with Crippen molar-refractivity contribution in [3.63, 3.8) is 0 Å². The summed E-state index contributed by atoms with van der Waals surface area (Å²) in [5.41, 5.74) is 6.73. The molecular formula is C15H15F3N2O. The molecule has 2 aromatic carbocycles. The topological polar surface area (TPSA) is 47.3 Å². The Balaban J connectivity index is 2.27. The third kappa shape index (κ3) is 3.39. The van der Waals surface area contributed by atoms with E-state index in [4.69, 9.17) is 10.5 Å². The molecule has 21 heavy (non-hydrogen) atoms. The van der Waals surface area contributed by atoms with Gasteiger partial charge in [-0.25, -0.2) is 13.2 Å². The molecule has 0 fully saturated rings. The number of hydrogen-bond acceptors (Lipinski definition) is 3. The largest absolute Gasteiger partial charge is 0.491 e. The molecule has 0 radical (unpaired) electrons. The molecule has 0 aromatic heterocycles. The van der Waals surface area contributed by atoms with Crippen molar-refractivity contribution in [3.05, 3.63) is 47.8 Å². The zero-order chi connectivity index (χ0) is 15.4. The van der Waals surface area contributed by atoms with E-state index in [1.54, 1.807) is 18.2 Å². The van der Waals surface area contributed by atoms with Gasteiger partial charge in [-0.3, -0.25) is 0 Å². The van der Waals surface area contributed by atoms with E-state index < -0.39 is 17.5 Å². The van der Waals surface area contributed by atoms with E-state index in [1.165, 1.54) is 0 Å². The maximum absolute atomic E-state index is 13.2. The van der Waals surface area contributed by atoms with E-state index in [2.05, 4.69) is 5.32 Å². The lowest BCUT2D eigenvalue weighted by molar-refractivity contribution is 0.319. The molecule has 3 N–H and O–H groups in total. The second kappa shape index (κ2) is 6.39. The van der Waals surface area contributed by atoms with Crippen LogP contribution >= 0.6 is 0 Å². The number of halogens is 3. The van der Waals surface area contributed by atoms with E-state index in [0.29, 0.717) is 23.7 Å². The van der Waals surface area contributed by atoms with E-state index in [1.807, 2.05) is 6.92 Å². The average Bonchev–Trinajstić information content (AvgIpc) is 2.45. The van der Waals surface area contributed by atoms with Crippen molar-refractivity contribution in [2.45, 2.75) is 13.3 Å². The fourth-order valence-electron chi connectivity index (χ4n) is 1.77. The molecule has 0 spiro atoms. The number of hydrogen-bond donors (Lipinski definition) is 2. The highest BCUT2D eigenvalue weighted by Crippen LogP contribution is 2.32. The van der Waals surface area contributed by atoms with Gasteiger partial charge in [0.2, 0.25) is 0 Å². The molecule has 0 aliphatic rings. The first kappa shape index (κ1) is 15.0. The highest BCUT2D eigenvalue weighted by molar-refractivity contribution is 5.77. The first-order valence-electron chi connectivity index (χ1n) is 6.45. The number of anilines is 3. The van der Waals surface area contributed by atoms with Crippen LogP contribution < -0.4 is 15.8 Å². The second-order valence-corrected chi connectivity index (χ2v) is 4.44. The second-order valence-electron chi connectivity index (χ2n) is 4.44. The fourth-order valence-corrected chi connectivity index (χ4v) is 1.77. The van der Waals surface area contributed by atoms with Crippen LogP contribution in [0.1, 0.15) is 13.3 Å². The number of nitrogen functional groups attached to an aromatic ring is 1. The van der Waals surface area contributed by atoms with Crippen molar-refractivity contribution in [1.82, 2.24) is 0 Å². The Bertz CT molecular complexity index is 624. The van der Waals surface area contributed by atoms with E-state index in [0.717, 1.165) is 18.6 Å². The molecule has 112 valence electrons. The van der Waals surface area contributed by atoms with E-state index in [-0.39, 0.29) is 5.69 Å². The predicted octanol–water partition coefficient (Wildman–Crippen LogP) is 4.22. The summed E-state index contributed by atoms with van der Waals surface area (Å²) in [6.45, 7) is 2.47. The van der Waals surface area contributed by atoms with Crippen LogP contribution in [0, 0.1) is 17.5 Å². The van der Waals surface area contributed by atoms with Crippen LogP contribution in [-0.4, -0.2) is 6.61 Å². The minimum atomic E-state index is -1.51. The maximum atomic E-state index is 13.2. The van der Waals surface area contributed by atoms with Crippen LogP contribution in [0.3, 0.4) is 0 Å². The molecule has 0 aliphatic heterocycles. The summed E-state index contributed by atoms with van der Waals surface area (Å²) >= 11 is 0. The lowest BCUT2D eigenvalue weighted by Gasteiger charge is -2.14. The Labute approximate surface area is 120 Å². The zero-order valence-electron chi connectivity index (χ0n) is 11.4. The first-order chi connectivity index (χ1) is 10.0. The van der Waals surface area contributed by atoms with Crippen molar-refractivity contribution in [2.75, 3.05) is 17.7 Å². The molecule has 2 aromatic rings. The van der Waals surface area contributed by atoms with Gasteiger partial charge in [-0.05, 0) is 18.6 Å². The normalized spacial score (nSPS) is 10.5. The standard InChI is InChI=1S/C15H15F3N2O/c1-2-6-21-13-5-3-4-12(15(13)19)20-9-7-10(16)14(18)11(17)8-9/h3-5,7-8,20H,2,6,19H2,1H3. The summed E-state index contributed by atoms with van der Waals surface area (Å²) in [6.07, 6.45) is 0.825. The van der Waals surface area contributed by atoms with Gasteiger partial charge in [0.15, 0.2) is 17.5 Å². The SMILES string of the molecule is CCCOc1cccc(Nc2cc(F)c(F)c(F)c2)c1N. The van der Waals surface area contributed by atoms with Crippen LogP contribution in [0.2, 0.25) is 0 Å². The van der Waals surface area contributed by atoms with E-state index in [9.17, 15) is 13.2 Å². The van der Waals surface area contributed by atoms with Gasteiger partial charge in [-0.1, -0.05) is 13.0 Å². The molecule has 0 amide bonds. The Hall–Kier alpha value is -2.37. The quantitative estimate of drug-likeness (QED) is 0.641. The number of ether oxygens (including phenoxy) is 1. The summed E-state index contributed by atoms with van der Waals surface area (Å²) < 4.78 is 44.7. The molecule has 6 heteroatoms. The van der Waals surface area contributed by atoms with Crippen LogP contribution in [0.4, 0.5) is 30.2 Å². The molecule has 0 aliphatic carbocycles. The van der Waals surface area contributed by atoms with E-state index >= 15 is 0 Å². The van der Waals surface area contributed by atoms with Crippen LogP contribution in [0.25, 0.3) is 0 Å². The van der Waals surface area contributed by atoms with Crippen LogP contribution in [0.5, 0.6) is 5.75 Å². The summed E-state index contributed by atoms with van der Waals surface area (Å²) in [7, 11) is 0. The first-order valence-corrected chi connectivity index (χ1v) is 6.45. The predicted molar refractivity (Wildman–Crippen MR) is 76.2 cm³/mol. The third-order valence-corrected chi connectivity index (χ3v) is 2.79. The molecular weight excluding hydrogens is 281 g/mol. The number of nitrogens with two attached hydrogens (primary N) is 1. The van der Waals surface area contributed by atoms with Gasteiger partial charge in [-0.2, -0.15) is 0 Å². The minimum Gasteiger partial charge on any atom is -0.491 e. The van der Waals surface area contributed by atoms with Gasteiger partial charge in [0, 0.05) is 17.8 Å². The van der Waals surface area contributed by atoms with Crippen molar-refractivity contribution in [3.8, 4) is 5.75 Å². The maximum Gasteiger partial charge on any atom is 0.194 e. The molecule has 0 heterocycles.